The van der Waals surface area contributed by atoms with Crippen LogP contribution in [0.3, 0.4) is 0 Å². The molecule has 0 saturated heterocycles. The van der Waals surface area contributed by atoms with E-state index in [1.54, 1.807) is 11.8 Å². The van der Waals surface area contributed by atoms with Crippen LogP contribution in [-0.2, 0) is 24.2 Å². The van der Waals surface area contributed by atoms with Crippen molar-refractivity contribution in [2.45, 2.75) is 62.0 Å². The number of aryl methyl sites for hydroxylation is 4. The fourth-order valence-corrected chi connectivity index (χ4v) is 5.13. The molecule has 3 aromatic rings. The van der Waals surface area contributed by atoms with Gasteiger partial charge in [-0.2, -0.15) is 0 Å². The number of fused-ring (bicyclic) bond motifs is 2. The lowest BCUT2D eigenvalue weighted by Gasteiger charge is -2.11. The van der Waals surface area contributed by atoms with Gasteiger partial charge < -0.3 is 15.6 Å². The summed E-state index contributed by atoms with van der Waals surface area (Å²) < 4.78 is 2.11. The summed E-state index contributed by atoms with van der Waals surface area (Å²) in [5.41, 5.74) is 11.7. The molecule has 0 aliphatic heterocycles. The highest BCUT2D eigenvalue weighted by Gasteiger charge is 2.29. The molecule has 0 bridgehead atoms. The zero-order valence-electron chi connectivity index (χ0n) is 17.1. The van der Waals surface area contributed by atoms with Crippen LogP contribution in [0.5, 0.6) is 0 Å². The first-order chi connectivity index (χ1) is 14.6. The molecule has 0 unspecified atom stereocenters. The molecule has 2 heterocycles. The number of hydrogen-bond acceptors (Lipinski definition) is 6. The summed E-state index contributed by atoms with van der Waals surface area (Å²) in [7, 11) is 0. The molecule has 0 radical (unpaired) electrons. The molecule has 1 saturated carbocycles. The topological polar surface area (TPSA) is 98.7 Å². The summed E-state index contributed by atoms with van der Waals surface area (Å²) in [6.07, 6.45) is 7.91. The molecule has 2 aliphatic rings. The minimum Gasteiger partial charge on any atom is -0.382 e. The molecule has 2 aromatic heterocycles. The number of aromatic nitrogens is 4. The first-order valence-corrected chi connectivity index (χ1v) is 11.5. The van der Waals surface area contributed by atoms with E-state index < -0.39 is 0 Å². The molecule has 7 nitrogen and oxygen atoms in total. The van der Waals surface area contributed by atoms with Crippen molar-refractivity contribution in [1.82, 2.24) is 24.8 Å². The third-order valence-electron chi connectivity index (χ3n) is 5.92. The number of nitrogen functional groups attached to an aromatic ring is 1. The smallest absolute Gasteiger partial charge is 0.223 e. The van der Waals surface area contributed by atoms with Crippen LogP contribution in [0, 0.1) is 12.8 Å². The number of nitrogens with two attached hydrogens (primary N) is 1. The Kier molecular flexibility index (Phi) is 5.10. The van der Waals surface area contributed by atoms with E-state index in [1.165, 1.54) is 40.8 Å². The average molecular weight is 423 g/mol. The summed E-state index contributed by atoms with van der Waals surface area (Å²) in [4.78, 5) is 26.4. The van der Waals surface area contributed by atoms with Crippen LogP contribution in [-0.4, -0.2) is 32.0 Å². The Morgan fingerprint density at radius 3 is 2.87 bits per heavy atom. The standard InChI is InChI=1S/C22H26N6OS/c1-13-10-15-4-2-5-16(15)11-17(13)30-22-27-18-19(23)25-12-26-20(18)28(22)9-3-8-24-21(29)14-6-7-14/h10-12,14H,2-9H2,1H3,(H,24,29)(H2,23,25,26). The van der Waals surface area contributed by atoms with Crippen molar-refractivity contribution in [2.75, 3.05) is 12.3 Å². The van der Waals surface area contributed by atoms with Crippen molar-refractivity contribution in [1.29, 1.82) is 0 Å². The number of anilines is 1. The van der Waals surface area contributed by atoms with E-state index >= 15 is 0 Å². The van der Waals surface area contributed by atoms with Crippen LogP contribution in [0.4, 0.5) is 5.82 Å². The van der Waals surface area contributed by atoms with Crippen molar-refractivity contribution in [3.63, 3.8) is 0 Å². The maximum atomic E-state index is 11.9. The van der Waals surface area contributed by atoms with Crippen LogP contribution < -0.4 is 11.1 Å². The molecule has 1 amide bonds. The highest BCUT2D eigenvalue weighted by Crippen LogP contribution is 2.36. The number of carbonyl (C=O) groups excluding carboxylic acids is 1. The third kappa shape index (κ3) is 3.76. The lowest BCUT2D eigenvalue weighted by atomic mass is 10.1. The first-order valence-electron chi connectivity index (χ1n) is 10.6. The van der Waals surface area contributed by atoms with Crippen molar-refractivity contribution < 1.29 is 4.79 Å². The first kappa shape index (κ1) is 19.4. The van der Waals surface area contributed by atoms with Crippen LogP contribution in [0.25, 0.3) is 11.2 Å². The summed E-state index contributed by atoms with van der Waals surface area (Å²) in [6, 6.07) is 4.64. The molecule has 0 atom stereocenters. The second-order valence-corrected chi connectivity index (χ2v) is 9.25. The van der Waals surface area contributed by atoms with Gasteiger partial charge in [-0.1, -0.05) is 17.8 Å². The van der Waals surface area contributed by atoms with Crippen molar-refractivity contribution in [3.05, 3.63) is 35.2 Å². The van der Waals surface area contributed by atoms with Gasteiger partial charge in [-0.15, -0.1) is 0 Å². The fourth-order valence-electron chi connectivity index (χ4n) is 4.09. The molecule has 30 heavy (non-hydrogen) atoms. The number of carbonyl (C=O) groups is 1. The van der Waals surface area contributed by atoms with E-state index in [4.69, 9.17) is 10.7 Å². The third-order valence-corrected chi connectivity index (χ3v) is 7.08. The predicted molar refractivity (Wildman–Crippen MR) is 117 cm³/mol. The van der Waals surface area contributed by atoms with Crippen LogP contribution >= 0.6 is 11.8 Å². The van der Waals surface area contributed by atoms with E-state index in [0.717, 1.165) is 36.5 Å². The SMILES string of the molecule is Cc1cc2c(cc1Sc1nc3c(N)ncnc3n1CCCNC(=O)C1CC1)CCC2. The number of rotatable bonds is 7. The molecule has 3 N–H and O–H groups in total. The Labute approximate surface area is 179 Å². The minimum atomic E-state index is 0.181. The monoisotopic (exact) mass is 422 g/mol. The van der Waals surface area contributed by atoms with Crippen LogP contribution in [0.1, 0.15) is 42.4 Å². The number of imidazole rings is 1. The Morgan fingerprint density at radius 2 is 2.07 bits per heavy atom. The molecular weight excluding hydrogens is 396 g/mol. The van der Waals surface area contributed by atoms with Gasteiger partial charge in [-0.05, 0) is 68.2 Å². The molecule has 1 aromatic carbocycles. The van der Waals surface area contributed by atoms with Gasteiger partial charge in [0.05, 0.1) is 0 Å². The number of nitrogens with zero attached hydrogens (tertiary/aromatic N) is 4. The maximum Gasteiger partial charge on any atom is 0.223 e. The molecular formula is C22H26N6OS. The molecule has 0 spiro atoms. The Balaban J connectivity index is 1.40. The molecule has 1 fully saturated rings. The summed E-state index contributed by atoms with van der Waals surface area (Å²) in [5.74, 6) is 0.814. The van der Waals surface area contributed by atoms with Gasteiger partial charge in [0, 0.05) is 23.9 Å². The molecule has 156 valence electrons. The normalized spacial score (nSPS) is 15.5. The second kappa shape index (κ2) is 7.91. The lowest BCUT2D eigenvalue weighted by molar-refractivity contribution is -0.122. The zero-order valence-corrected chi connectivity index (χ0v) is 18.0. The van der Waals surface area contributed by atoms with E-state index in [9.17, 15) is 4.79 Å². The van der Waals surface area contributed by atoms with Crippen molar-refractivity contribution >= 4 is 34.7 Å². The van der Waals surface area contributed by atoms with Gasteiger partial charge in [-0.3, -0.25) is 4.79 Å². The highest BCUT2D eigenvalue weighted by molar-refractivity contribution is 7.99. The Bertz CT molecular complexity index is 1120. The molecule has 8 heteroatoms. The molecule has 5 rings (SSSR count). The lowest BCUT2D eigenvalue weighted by Crippen LogP contribution is -2.26. The molecule has 2 aliphatic carbocycles. The second-order valence-electron chi connectivity index (χ2n) is 8.24. The van der Waals surface area contributed by atoms with E-state index in [-0.39, 0.29) is 11.8 Å². The van der Waals surface area contributed by atoms with Crippen molar-refractivity contribution in [3.8, 4) is 0 Å². The summed E-state index contributed by atoms with van der Waals surface area (Å²) in [5, 5.41) is 3.90. The van der Waals surface area contributed by atoms with Gasteiger partial charge in [0.1, 0.15) is 6.33 Å². The van der Waals surface area contributed by atoms with E-state index in [1.807, 2.05) is 0 Å². The summed E-state index contributed by atoms with van der Waals surface area (Å²) >= 11 is 1.66. The van der Waals surface area contributed by atoms with Crippen LogP contribution in [0.15, 0.2) is 28.5 Å². The van der Waals surface area contributed by atoms with Gasteiger partial charge >= 0.3 is 0 Å². The van der Waals surface area contributed by atoms with E-state index in [2.05, 4.69) is 38.9 Å². The largest absolute Gasteiger partial charge is 0.382 e. The average Bonchev–Trinajstić information content (AvgIpc) is 3.39. The summed E-state index contributed by atoms with van der Waals surface area (Å²) in [6.45, 7) is 3.53. The quantitative estimate of drug-likeness (QED) is 0.567. The van der Waals surface area contributed by atoms with Gasteiger partial charge in [0.25, 0.3) is 0 Å². The highest BCUT2D eigenvalue weighted by atomic mass is 32.2. The van der Waals surface area contributed by atoms with Crippen LogP contribution in [0.2, 0.25) is 0 Å². The number of hydrogen-bond donors (Lipinski definition) is 2. The van der Waals surface area contributed by atoms with Gasteiger partial charge in [0.15, 0.2) is 22.1 Å². The van der Waals surface area contributed by atoms with Crippen molar-refractivity contribution in [2.24, 2.45) is 5.92 Å². The zero-order chi connectivity index (χ0) is 20.7. The predicted octanol–water partition coefficient (Wildman–Crippen LogP) is 3.27. The van der Waals surface area contributed by atoms with E-state index in [0.29, 0.717) is 24.4 Å². The van der Waals surface area contributed by atoms with Gasteiger partial charge in [-0.25, -0.2) is 15.0 Å². The Morgan fingerprint density at radius 1 is 1.27 bits per heavy atom. The fraction of sp³-hybridized carbons (Fsp3) is 0.455. The number of amides is 1. The minimum absolute atomic E-state index is 0.181. The number of nitrogens with one attached hydrogen (secondary N) is 1. The Hall–Kier alpha value is -2.61. The van der Waals surface area contributed by atoms with Gasteiger partial charge in [0.2, 0.25) is 5.91 Å². The maximum absolute atomic E-state index is 11.9. The number of benzene rings is 1.